The summed E-state index contributed by atoms with van der Waals surface area (Å²) in [5.74, 6) is -2.94. The van der Waals surface area contributed by atoms with Crippen molar-refractivity contribution in [2.45, 2.75) is 18.9 Å². The van der Waals surface area contributed by atoms with Gasteiger partial charge in [0.25, 0.3) is 17.7 Å². The van der Waals surface area contributed by atoms with E-state index in [-0.39, 0.29) is 29.1 Å². The van der Waals surface area contributed by atoms with Gasteiger partial charge in [0.2, 0.25) is 0 Å². The van der Waals surface area contributed by atoms with Crippen LogP contribution in [0.5, 0.6) is 0 Å². The van der Waals surface area contributed by atoms with Crippen LogP contribution in [0.4, 0.5) is 0 Å². The molecule has 0 radical (unpaired) electrons. The number of benzene rings is 1. The fourth-order valence-electron chi connectivity index (χ4n) is 3.19. The molecule has 2 aliphatic rings. The molecule has 1 aromatic rings. The number of nitrogens with one attached hydrogen (secondary N) is 1. The van der Waals surface area contributed by atoms with Crippen LogP contribution in [0.3, 0.4) is 0 Å². The van der Waals surface area contributed by atoms with Crippen LogP contribution in [-0.4, -0.2) is 67.2 Å². The summed E-state index contributed by atoms with van der Waals surface area (Å²) in [4.78, 5) is 49.0. The Labute approximate surface area is 155 Å². The second kappa shape index (κ2) is 6.76. The standard InChI is InChI=1S/C17H18N2O7S/c1-17(6-7-27(24,25)10-17)18-13(20)9-26-14(21)8-19-15(22)11-4-2-3-5-12(11)16(19)23/h2-5H,6-10H2,1H3,(H,18,20)/t17-/m0/s1. The first-order valence-corrected chi connectivity index (χ1v) is 10.0. The fourth-order valence-corrected chi connectivity index (χ4v) is 5.28. The third-order valence-corrected chi connectivity index (χ3v) is 6.38. The molecule has 0 unspecified atom stereocenters. The SMILES string of the molecule is C[C@]1(NC(=O)COC(=O)CN2C(=O)c3ccccc3C2=O)CCS(=O)(=O)C1. The Kier molecular flexibility index (Phi) is 4.77. The van der Waals surface area contributed by atoms with E-state index >= 15 is 0 Å². The number of hydrogen-bond acceptors (Lipinski definition) is 7. The third kappa shape index (κ3) is 4.00. The lowest BCUT2D eigenvalue weighted by Gasteiger charge is -2.23. The molecule has 1 atom stereocenters. The molecule has 2 aliphatic heterocycles. The molecule has 0 spiro atoms. The maximum Gasteiger partial charge on any atom is 0.326 e. The van der Waals surface area contributed by atoms with E-state index in [0.29, 0.717) is 0 Å². The highest BCUT2D eigenvalue weighted by atomic mass is 32.2. The highest BCUT2D eigenvalue weighted by Gasteiger charge is 2.40. The van der Waals surface area contributed by atoms with E-state index in [4.69, 9.17) is 4.74 Å². The topological polar surface area (TPSA) is 127 Å². The predicted octanol–water partition coefficient (Wildman–Crippen LogP) is -0.481. The van der Waals surface area contributed by atoms with E-state index in [1.165, 1.54) is 12.1 Å². The van der Waals surface area contributed by atoms with Crippen molar-refractivity contribution in [3.05, 3.63) is 35.4 Å². The van der Waals surface area contributed by atoms with Gasteiger partial charge in [-0.3, -0.25) is 24.1 Å². The van der Waals surface area contributed by atoms with Gasteiger partial charge < -0.3 is 10.1 Å². The van der Waals surface area contributed by atoms with Gasteiger partial charge in [-0.2, -0.15) is 0 Å². The van der Waals surface area contributed by atoms with Gasteiger partial charge in [-0.05, 0) is 25.5 Å². The lowest BCUT2D eigenvalue weighted by molar-refractivity contribution is -0.149. The molecule has 1 saturated heterocycles. The minimum Gasteiger partial charge on any atom is -0.454 e. The van der Waals surface area contributed by atoms with Crippen molar-refractivity contribution in [2.24, 2.45) is 0 Å². The zero-order chi connectivity index (χ0) is 19.8. The summed E-state index contributed by atoms with van der Waals surface area (Å²) in [6.45, 7) is 0.374. The Morgan fingerprint density at radius 2 is 1.78 bits per heavy atom. The molecule has 1 aromatic carbocycles. The second-order valence-electron chi connectivity index (χ2n) is 6.85. The van der Waals surface area contributed by atoms with Crippen molar-refractivity contribution < 1.29 is 32.3 Å². The van der Waals surface area contributed by atoms with Crippen molar-refractivity contribution in [3.63, 3.8) is 0 Å². The molecule has 1 fully saturated rings. The molecular formula is C17H18N2O7S. The summed E-state index contributed by atoms with van der Waals surface area (Å²) in [5.41, 5.74) is -0.475. The van der Waals surface area contributed by atoms with E-state index in [0.717, 1.165) is 4.90 Å². The fraction of sp³-hybridized carbons (Fsp3) is 0.412. The number of rotatable bonds is 5. The largest absolute Gasteiger partial charge is 0.454 e. The Morgan fingerprint density at radius 3 is 2.30 bits per heavy atom. The first kappa shape index (κ1) is 19.0. The lowest BCUT2D eigenvalue weighted by atomic mass is 10.0. The molecule has 2 heterocycles. The van der Waals surface area contributed by atoms with Crippen LogP contribution in [0.15, 0.2) is 24.3 Å². The van der Waals surface area contributed by atoms with E-state index in [1.54, 1.807) is 19.1 Å². The van der Waals surface area contributed by atoms with Crippen LogP contribution >= 0.6 is 0 Å². The zero-order valence-electron chi connectivity index (χ0n) is 14.6. The summed E-state index contributed by atoms with van der Waals surface area (Å²) < 4.78 is 27.9. The monoisotopic (exact) mass is 394 g/mol. The molecule has 0 saturated carbocycles. The molecule has 3 rings (SSSR count). The van der Waals surface area contributed by atoms with Gasteiger partial charge in [-0.1, -0.05) is 12.1 Å². The normalized spacial score (nSPS) is 23.2. The Hall–Kier alpha value is -2.75. The van der Waals surface area contributed by atoms with Gasteiger partial charge in [-0.15, -0.1) is 0 Å². The Morgan fingerprint density at radius 1 is 1.19 bits per heavy atom. The molecule has 27 heavy (non-hydrogen) atoms. The van der Waals surface area contributed by atoms with Crippen molar-refractivity contribution in [1.82, 2.24) is 10.2 Å². The van der Waals surface area contributed by atoms with Gasteiger partial charge >= 0.3 is 5.97 Å². The summed E-state index contributed by atoms with van der Waals surface area (Å²) >= 11 is 0. The van der Waals surface area contributed by atoms with Gasteiger partial charge in [0, 0.05) is 0 Å². The predicted molar refractivity (Wildman–Crippen MR) is 92.6 cm³/mol. The second-order valence-corrected chi connectivity index (χ2v) is 9.04. The van der Waals surface area contributed by atoms with Gasteiger partial charge in [-0.25, -0.2) is 8.42 Å². The lowest BCUT2D eigenvalue weighted by Crippen LogP contribution is -2.48. The average molecular weight is 394 g/mol. The number of imide groups is 1. The summed E-state index contributed by atoms with van der Waals surface area (Å²) in [6, 6.07) is 6.20. The quantitative estimate of drug-likeness (QED) is 0.528. The van der Waals surface area contributed by atoms with E-state index in [9.17, 15) is 27.6 Å². The number of carbonyl (C=O) groups is 4. The third-order valence-electron chi connectivity index (χ3n) is 4.47. The highest BCUT2D eigenvalue weighted by molar-refractivity contribution is 7.91. The Balaban J connectivity index is 1.51. The number of hydrogen-bond donors (Lipinski definition) is 1. The van der Waals surface area contributed by atoms with Crippen molar-refractivity contribution in [1.29, 1.82) is 0 Å². The number of nitrogens with zero attached hydrogens (tertiary/aromatic N) is 1. The molecule has 0 aromatic heterocycles. The van der Waals surface area contributed by atoms with Crippen LogP contribution in [0, 0.1) is 0 Å². The maximum atomic E-state index is 12.2. The molecule has 9 nitrogen and oxygen atoms in total. The number of esters is 1. The van der Waals surface area contributed by atoms with Gasteiger partial charge in [0.05, 0.1) is 28.2 Å². The van der Waals surface area contributed by atoms with E-state index in [1.807, 2.05) is 0 Å². The minimum absolute atomic E-state index is 0.0106. The first-order valence-electron chi connectivity index (χ1n) is 8.22. The summed E-state index contributed by atoms with van der Waals surface area (Å²) in [7, 11) is -3.19. The van der Waals surface area contributed by atoms with Gasteiger partial charge in [0.15, 0.2) is 16.4 Å². The molecule has 10 heteroatoms. The number of carbonyl (C=O) groups excluding carboxylic acids is 4. The maximum absolute atomic E-state index is 12.2. The minimum atomic E-state index is -3.19. The molecule has 0 aliphatic carbocycles. The molecule has 144 valence electrons. The van der Waals surface area contributed by atoms with E-state index < -0.39 is 52.2 Å². The first-order chi connectivity index (χ1) is 12.6. The van der Waals surface area contributed by atoms with Crippen LogP contribution in [-0.2, 0) is 24.2 Å². The molecule has 0 bridgehead atoms. The molecule has 1 N–H and O–H groups in total. The molecule has 3 amide bonds. The summed E-state index contributed by atoms with van der Waals surface area (Å²) in [6.07, 6.45) is 0.282. The van der Waals surface area contributed by atoms with Crippen molar-refractivity contribution in [3.8, 4) is 0 Å². The summed E-state index contributed by atoms with van der Waals surface area (Å²) in [5, 5.41) is 2.55. The van der Waals surface area contributed by atoms with Crippen molar-refractivity contribution in [2.75, 3.05) is 24.7 Å². The van der Waals surface area contributed by atoms with Crippen LogP contribution in [0.1, 0.15) is 34.1 Å². The number of ether oxygens (including phenoxy) is 1. The smallest absolute Gasteiger partial charge is 0.326 e. The van der Waals surface area contributed by atoms with Crippen LogP contribution < -0.4 is 5.32 Å². The van der Waals surface area contributed by atoms with Crippen molar-refractivity contribution >= 4 is 33.5 Å². The van der Waals surface area contributed by atoms with E-state index in [2.05, 4.69) is 5.32 Å². The number of sulfone groups is 1. The molecular weight excluding hydrogens is 376 g/mol. The number of fused-ring (bicyclic) bond motifs is 1. The zero-order valence-corrected chi connectivity index (χ0v) is 15.4. The average Bonchev–Trinajstić information content (AvgIpc) is 3.01. The van der Waals surface area contributed by atoms with Gasteiger partial charge in [0.1, 0.15) is 6.54 Å². The highest BCUT2D eigenvalue weighted by Crippen LogP contribution is 2.23. The van der Waals surface area contributed by atoms with Crippen LogP contribution in [0.25, 0.3) is 0 Å². The number of amides is 3. The van der Waals surface area contributed by atoms with Crippen LogP contribution in [0.2, 0.25) is 0 Å². The Bertz CT molecular complexity index is 905.